The second-order valence-corrected chi connectivity index (χ2v) is 15.5. The van der Waals surface area contributed by atoms with Gasteiger partial charge < -0.3 is 29.8 Å². The van der Waals surface area contributed by atoms with E-state index in [4.69, 9.17) is 4.42 Å². The Labute approximate surface area is 345 Å². The Morgan fingerprint density at radius 2 is 1.70 bits per heavy atom. The van der Waals surface area contributed by atoms with E-state index in [1.54, 1.807) is 40.3 Å². The number of piperazine rings is 1. The molecule has 0 unspecified atom stereocenters. The highest BCUT2D eigenvalue weighted by atomic mass is 19.3. The molecule has 4 aromatic heterocycles. The lowest BCUT2D eigenvalue weighted by Crippen LogP contribution is -2.58. The second kappa shape index (κ2) is 16.3. The molecule has 5 aromatic rings. The number of alkyl halides is 2. The molecule has 0 radical (unpaired) electrons. The van der Waals surface area contributed by atoms with Crippen molar-refractivity contribution in [3.63, 3.8) is 0 Å². The highest BCUT2D eigenvalue weighted by Crippen LogP contribution is 2.35. The van der Waals surface area contributed by atoms with Crippen LogP contribution in [0.15, 0.2) is 65.7 Å². The largest absolute Gasteiger partial charge is 0.444 e. The summed E-state index contributed by atoms with van der Waals surface area (Å²) in [7, 11) is 0. The fraction of sp³-hybridized carbons (Fsp3) is 0.366. The number of benzene rings is 1. The van der Waals surface area contributed by atoms with E-state index in [0.29, 0.717) is 55.0 Å². The topological polar surface area (TPSA) is 184 Å². The van der Waals surface area contributed by atoms with Crippen LogP contribution in [0.2, 0.25) is 0 Å². The van der Waals surface area contributed by atoms with Gasteiger partial charge in [0.25, 0.3) is 12.3 Å². The molecule has 4 amide bonds. The van der Waals surface area contributed by atoms with Gasteiger partial charge in [-0.2, -0.15) is 5.10 Å². The van der Waals surface area contributed by atoms with Crippen molar-refractivity contribution >= 4 is 46.6 Å². The third-order valence-electron chi connectivity index (χ3n) is 11.4. The number of amides is 4. The number of carbonyl (C=O) groups excluding carboxylic acids is 4. The minimum atomic E-state index is -3.00. The Bertz CT molecular complexity index is 2470. The van der Waals surface area contributed by atoms with E-state index >= 15 is 8.78 Å². The van der Waals surface area contributed by atoms with E-state index in [1.807, 2.05) is 4.90 Å². The standard InChI is InChI=1S/C41H39F4N11O5/c42-28-14-26(15-29(43)35(28)27-4-6-34(57)51-38(27)58)55-18-24(19-55)41(60)54-11-9-53(10-12-54)33-5-3-25(17-48-33)56-20-30(36(52-56)37(44)45)49-39(59)31-21-61-40(50-31)23-7-8-46-32(13-23)47-16-22-1-2-22/h3,5,7-8,13-15,17,20-22,24,27,37H,1-2,4,6,9-12,16,18-19H2,(H,46,47)(H,49,59)(H,51,57,58)/t27-/m1/s1. The molecule has 3 aliphatic heterocycles. The number of imide groups is 1. The highest BCUT2D eigenvalue weighted by Gasteiger charge is 2.38. The van der Waals surface area contributed by atoms with Crippen molar-refractivity contribution in [3.8, 4) is 17.1 Å². The number of anilines is 4. The maximum atomic E-state index is 15.1. The van der Waals surface area contributed by atoms with Gasteiger partial charge in [0.15, 0.2) is 11.4 Å². The molecule has 1 aromatic carbocycles. The third kappa shape index (κ3) is 8.33. The van der Waals surface area contributed by atoms with Crippen molar-refractivity contribution in [3.05, 3.63) is 89.8 Å². The first-order valence-electron chi connectivity index (χ1n) is 19.9. The number of carbonyl (C=O) groups is 4. The molecule has 1 saturated carbocycles. The van der Waals surface area contributed by atoms with Crippen molar-refractivity contribution in [1.82, 2.24) is 34.9 Å². The van der Waals surface area contributed by atoms with Gasteiger partial charge >= 0.3 is 0 Å². The number of nitrogens with zero attached hydrogens (tertiary/aromatic N) is 8. The molecule has 7 heterocycles. The fourth-order valence-corrected chi connectivity index (χ4v) is 7.72. The lowest BCUT2D eigenvalue weighted by Gasteiger charge is -2.44. The summed E-state index contributed by atoms with van der Waals surface area (Å²) in [4.78, 5) is 68.6. The lowest BCUT2D eigenvalue weighted by atomic mass is 9.89. The monoisotopic (exact) mass is 841 g/mol. The molecular formula is C41H39F4N11O5. The van der Waals surface area contributed by atoms with Gasteiger partial charge in [0.2, 0.25) is 23.6 Å². The second-order valence-electron chi connectivity index (χ2n) is 15.5. The predicted molar refractivity (Wildman–Crippen MR) is 211 cm³/mol. The van der Waals surface area contributed by atoms with Crippen molar-refractivity contribution in [2.45, 2.75) is 38.0 Å². The predicted octanol–water partition coefficient (Wildman–Crippen LogP) is 4.91. The Morgan fingerprint density at radius 1 is 0.934 bits per heavy atom. The number of halogens is 4. The number of nitrogens with one attached hydrogen (secondary N) is 3. The number of piperidine rings is 1. The molecule has 9 rings (SSSR count). The van der Waals surface area contributed by atoms with Gasteiger partial charge in [0.1, 0.15) is 29.5 Å². The average Bonchev–Trinajstić information content (AvgIpc) is 3.75. The van der Waals surface area contributed by atoms with E-state index in [-0.39, 0.29) is 66.3 Å². The zero-order valence-electron chi connectivity index (χ0n) is 32.5. The summed E-state index contributed by atoms with van der Waals surface area (Å²) in [5.74, 6) is -3.18. The summed E-state index contributed by atoms with van der Waals surface area (Å²) < 4.78 is 65.1. The molecule has 3 N–H and O–H groups in total. The maximum Gasteiger partial charge on any atom is 0.284 e. The Morgan fingerprint density at radius 3 is 2.39 bits per heavy atom. The van der Waals surface area contributed by atoms with Gasteiger partial charge in [-0.25, -0.2) is 37.2 Å². The zero-order valence-corrected chi connectivity index (χ0v) is 32.5. The van der Waals surface area contributed by atoms with Gasteiger partial charge in [-0.15, -0.1) is 0 Å². The number of aromatic nitrogens is 5. The van der Waals surface area contributed by atoms with Gasteiger partial charge in [-0.1, -0.05) is 0 Å². The van der Waals surface area contributed by atoms with Crippen LogP contribution < -0.4 is 25.8 Å². The van der Waals surface area contributed by atoms with Crippen LogP contribution >= 0.6 is 0 Å². The number of rotatable bonds is 12. The Hall–Kier alpha value is -6.86. The SMILES string of the molecule is O=C1CC[C@H](c2c(F)cc(N3CC(C(=O)N4CCN(c5ccc(-n6cc(NC(=O)c7coc(-c8ccnc(NCC9CC9)c8)n7)c(C(F)F)n6)cn5)CC4)C3)cc2F)C(=O)N1. The minimum Gasteiger partial charge on any atom is -0.444 e. The van der Waals surface area contributed by atoms with Crippen molar-refractivity contribution in [1.29, 1.82) is 0 Å². The summed E-state index contributed by atoms with van der Waals surface area (Å²) in [5.41, 5.74) is -0.0989. The molecule has 4 aliphatic rings. The summed E-state index contributed by atoms with van der Waals surface area (Å²) in [6.07, 6.45) is 4.88. The summed E-state index contributed by atoms with van der Waals surface area (Å²) >= 11 is 0. The Kier molecular flexibility index (Phi) is 10.6. The maximum absolute atomic E-state index is 15.1. The average molecular weight is 842 g/mol. The fourth-order valence-electron chi connectivity index (χ4n) is 7.72. The number of hydrogen-bond donors (Lipinski definition) is 3. The van der Waals surface area contributed by atoms with E-state index in [1.165, 1.54) is 29.9 Å². The molecule has 1 atom stereocenters. The van der Waals surface area contributed by atoms with E-state index in [9.17, 15) is 28.0 Å². The number of pyridine rings is 2. The quantitative estimate of drug-likeness (QED) is 0.114. The van der Waals surface area contributed by atoms with Crippen LogP contribution in [0, 0.1) is 23.5 Å². The molecule has 4 fully saturated rings. The van der Waals surface area contributed by atoms with Crippen LogP contribution in [-0.4, -0.2) is 99.1 Å². The minimum absolute atomic E-state index is 0.00486. The molecule has 20 heteroatoms. The third-order valence-corrected chi connectivity index (χ3v) is 11.4. The van der Waals surface area contributed by atoms with Crippen molar-refractivity contribution in [2.24, 2.45) is 11.8 Å². The van der Waals surface area contributed by atoms with Gasteiger partial charge in [0.05, 0.1) is 35.6 Å². The van der Waals surface area contributed by atoms with Crippen LogP contribution in [0.25, 0.3) is 17.1 Å². The Balaban J connectivity index is 0.776. The van der Waals surface area contributed by atoms with Gasteiger partial charge in [-0.05, 0) is 61.6 Å². The van der Waals surface area contributed by atoms with Gasteiger partial charge in [-0.3, -0.25) is 24.5 Å². The molecule has 3 saturated heterocycles. The molecule has 0 spiro atoms. The molecule has 316 valence electrons. The smallest absolute Gasteiger partial charge is 0.284 e. The first-order chi connectivity index (χ1) is 29.5. The molecule has 61 heavy (non-hydrogen) atoms. The lowest BCUT2D eigenvalue weighted by molar-refractivity contribution is -0.137. The summed E-state index contributed by atoms with van der Waals surface area (Å²) in [6.45, 7) is 3.14. The zero-order chi connectivity index (χ0) is 42.4. The van der Waals surface area contributed by atoms with E-state index in [0.717, 1.165) is 24.9 Å². The van der Waals surface area contributed by atoms with Crippen LogP contribution in [0.5, 0.6) is 0 Å². The van der Waals surface area contributed by atoms with Crippen LogP contribution in [0.4, 0.5) is 40.6 Å². The first-order valence-corrected chi connectivity index (χ1v) is 19.9. The van der Waals surface area contributed by atoms with E-state index < -0.39 is 47.4 Å². The molecular weight excluding hydrogens is 803 g/mol. The van der Waals surface area contributed by atoms with Crippen LogP contribution in [-0.2, 0) is 14.4 Å². The number of oxazole rings is 1. The van der Waals surface area contributed by atoms with Crippen LogP contribution in [0.3, 0.4) is 0 Å². The first kappa shape index (κ1) is 39.6. The summed E-state index contributed by atoms with van der Waals surface area (Å²) in [6, 6.07) is 9.13. The summed E-state index contributed by atoms with van der Waals surface area (Å²) in [5, 5.41) is 11.9. The highest BCUT2D eigenvalue weighted by molar-refractivity contribution is 6.03. The van der Waals surface area contributed by atoms with E-state index in [2.05, 4.69) is 36.0 Å². The molecule has 16 nitrogen and oxygen atoms in total. The van der Waals surface area contributed by atoms with Crippen molar-refractivity contribution < 1.29 is 41.2 Å². The van der Waals surface area contributed by atoms with Crippen LogP contribution in [0.1, 0.15) is 59.8 Å². The normalized spacial score (nSPS) is 18.3. The van der Waals surface area contributed by atoms with Crippen molar-refractivity contribution in [2.75, 3.05) is 66.2 Å². The van der Waals surface area contributed by atoms with Gasteiger partial charge in [0, 0.05) is 75.2 Å². The molecule has 0 bridgehead atoms. The number of hydrogen-bond acceptors (Lipinski definition) is 12. The molecule has 1 aliphatic carbocycles.